The van der Waals surface area contributed by atoms with Crippen LogP contribution in [0.4, 0.5) is 4.39 Å². The standard InChI is InChI=1S/C14H11BrClFO/c1-8-6-11(12(16)7-13(8)17)14(18)9-2-4-10(15)5-3-9/h2-7,14,18H,1H3. The first-order chi connectivity index (χ1) is 8.49. The number of hydrogen-bond donors (Lipinski definition) is 1. The van der Waals surface area contributed by atoms with E-state index in [1.165, 1.54) is 6.07 Å². The quantitative estimate of drug-likeness (QED) is 0.851. The van der Waals surface area contributed by atoms with Crippen molar-refractivity contribution in [3.05, 3.63) is 68.4 Å². The predicted octanol–water partition coefficient (Wildman–Crippen LogP) is 4.63. The molecule has 18 heavy (non-hydrogen) atoms. The van der Waals surface area contributed by atoms with Gasteiger partial charge in [0.15, 0.2) is 0 Å². The van der Waals surface area contributed by atoms with Gasteiger partial charge in [0, 0.05) is 15.1 Å². The third-order valence-electron chi connectivity index (χ3n) is 2.76. The van der Waals surface area contributed by atoms with Crippen molar-refractivity contribution < 1.29 is 9.50 Å². The van der Waals surface area contributed by atoms with Gasteiger partial charge in [-0.1, -0.05) is 39.7 Å². The zero-order chi connectivity index (χ0) is 13.3. The fourth-order valence-electron chi connectivity index (χ4n) is 1.71. The molecular weight excluding hydrogens is 319 g/mol. The average molecular weight is 330 g/mol. The van der Waals surface area contributed by atoms with Gasteiger partial charge in [0.2, 0.25) is 0 Å². The Bertz CT molecular complexity index is 569. The van der Waals surface area contributed by atoms with Crippen molar-refractivity contribution in [2.45, 2.75) is 13.0 Å². The molecule has 0 heterocycles. The molecule has 0 aliphatic carbocycles. The van der Waals surface area contributed by atoms with Gasteiger partial charge in [0.05, 0.1) is 0 Å². The molecule has 2 rings (SSSR count). The van der Waals surface area contributed by atoms with Crippen molar-refractivity contribution in [1.29, 1.82) is 0 Å². The minimum absolute atomic E-state index is 0.230. The Morgan fingerprint density at radius 1 is 1.22 bits per heavy atom. The number of halogens is 3. The largest absolute Gasteiger partial charge is 0.384 e. The van der Waals surface area contributed by atoms with Crippen LogP contribution in [-0.2, 0) is 0 Å². The number of aliphatic hydroxyl groups excluding tert-OH is 1. The lowest BCUT2D eigenvalue weighted by atomic mass is 10.00. The number of benzene rings is 2. The molecule has 0 amide bonds. The van der Waals surface area contributed by atoms with Gasteiger partial charge in [-0.2, -0.15) is 0 Å². The van der Waals surface area contributed by atoms with Crippen LogP contribution in [0.1, 0.15) is 22.8 Å². The molecular formula is C14H11BrClFO. The van der Waals surface area contributed by atoms with Crippen LogP contribution in [0.3, 0.4) is 0 Å². The summed E-state index contributed by atoms with van der Waals surface area (Å²) in [7, 11) is 0. The first-order valence-corrected chi connectivity index (χ1v) is 6.55. The van der Waals surface area contributed by atoms with Crippen LogP contribution in [0.2, 0.25) is 5.02 Å². The highest BCUT2D eigenvalue weighted by Crippen LogP contribution is 2.30. The van der Waals surface area contributed by atoms with Crippen LogP contribution in [0, 0.1) is 12.7 Å². The molecule has 0 saturated heterocycles. The molecule has 0 aromatic heterocycles. The third kappa shape index (κ3) is 2.74. The van der Waals surface area contributed by atoms with Gasteiger partial charge >= 0.3 is 0 Å². The highest BCUT2D eigenvalue weighted by molar-refractivity contribution is 9.10. The van der Waals surface area contributed by atoms with Gasteiger partial charge in [-0.25, -0.2) is 4.39 Å². The van der Waals surface area contributed by atoms with Crippen molar-refractivity contribution in [1.82, 2.24) is 0 Å². The molecule has 0 aliphatic heterocycles. The Kier molecular flexibility index (Phi) is 4.05. The Labute approximate surface area is 118 Å². The van der Waals surface area contributed by atoms with E-state index < -0.39 is 6.10 Å². The first kappa shape index (κ1) is 13.5. The lowest BCUT2D eigenvalue weighted by molar-refractivity contribution is 0.220. The molecule has 1 atom stereocenters. The van der Waals surface area contributed by atoms with E-state index in [-0.39, 0.29) is 10.8 Å². The molecule has 0 saturated carbocycles. The fraction of sp³-hybridized carbons (Fsp3) is 0.143. The summed E-state index contributed by atoms with van der Waals surface area (Å²) in [4.78, 5) is 0. The Morgan fingerprint density at radius 3 is 2.44 bits per heavy atom. The van der Waals surface area contributed by atoms with E-state index in [1.54, 1.807) is 25.1 Å². The molecule has 0 fully saturated rings. The molecule has 2 aromatic rings. The summed E-state index contributed by atoms with van der Waals surface area (Å²) in [5.41, 5.74) is 1.69. The highest BCUT2D eigenvalue weighted by Gasteiger charge is 2.15. The second kappa shape index (κ2) is 5.39. The summed E-state index contributed by atoms with van der Waals surface area (Å²) in [6.07, 6.45) is -0.857. The monoisotopic (exact) mass is 328 g/mol. The Morgan fingerprint density at radius 2 is 1.83 bits per heavy atom. The molecule has 2 aromatic carbocycles. The predicted molar refractivity (Wildman–Crippen MR) is 74.4 cm³/mol. The van der Waals surface area contributed by atoms with Gasteiger partial charge in [0.25, 0.3) is 0 Å². The summed E-state index contributed by atoms with van der Waals surface area (Å²) < 4.78 is 14.2. The summed E-state index contributed by atoms with van der Waals surface area (Å²) in [6, 6.07) is 10.1. The Balaban J connectivity index is 2.42. The molecule has 1 nitrogen and oxygen atoms in total. The van der Waals surface area contributed by atoms with Gasteiger partial charge in [-0.05, 0) is 42.3 Å². The van der Waals surface area contributed by atoms with E-state index in [4.69, 9.17) is 11.6 Å². The number of aryl methyl sites for hydroxylation is 1. The van der Waals surface area contributed by atoms with Gasteiger partial charge < -0.3 is 5.11 Å². The minimum Gasteiger partial charge on any atom is -0.384 e. The molecule has 94 valence electrons. The molecule has 0 aliphatic rings. The summed E-state index contributed by atoms with van der Waals surface area (Å²) in [6.45, 7) is 1.64. The van der Waals surface area contributed by atoms with Crippen molar-refractivity contribution in [3.63, 3.8) is 0 Å². The molecule has 0 radical (unpaired) electrons. The molecule has 0 bridgehead atoms. The fourth-order valence-corrected chi connectivity index (χ4v) is 2.23. The Hall–Kier alpha value is -0.900. The molecule has 4 heteroatoms. The van der Waals surface area contributed by atoms with Crippen LogP contribution in [-0.4, -0.2) is 5.11 Å². The van der Waals surface area contributed by atoms with Gasteiger partial charge in [-0.15, -0.1) is 0 Å². The van der Waals surface area contributed by atoms with E-state index in [1.807, 2.05) is 12.1 Å². The van der Waals surface area contributed by atoms with E-state index in [0.717, 1.165) is 4.47 Å². The van der Waals surface area contributed by atoms with Crippen molar-refractivity contribution in [2.75, 3.05) is 0 Å². The van der Waals surface area contributed by atoms with Crippen molar-refractivity contribution in [2.24, 2.45) is 0 Å². The molecule has 1 unspecified atom stereocenters. The zero-order valence-electron chi connectivity index (χ0n) is 9.62. The maximum atomic E-state index is 13.3. The van der Waals surface area contributed by atoms with E-state index in [9.17, 15) is 9.50 Å². The van der Waals surface area contributed by atoms with Crippen molar-refractivity contribution >= 4 is 27.5 Å². The van der Waals surface area contributed by atoms with Crippen LogP contribution in [0.5, 0.6) is 0 Å². The van der Waals surface area contributed by atoms with Crippen LogP contribution in [0.25, 0.3) is 0 Å². The zero-order valence-corrected chi connectivity index (χ0v) is 12.0. The normalized spacial score (nSPS) is 12.5. The number of hydrogen-bond acceptors (Lipinski definition) is 1. The van der Waals surface area contributed by atoms with Crippen molar-refractivity contribution in [3.8, 4) is 0 Å². The summed E-state index contributed by atoms with van der Waals surface area (Å²) in [5, 5.41) is 10.5. The van der Waals surface area contributed by atoms with E-state index in [0.29, 0.717) is 16.7 Å². The van der Waals surface area contributed by atoms with Crippen LogP contribution < -0.4 is 0 Å². The smallest absolute Gasteiger partial charge is 0.127 e. The van der Waals surface area contributed by atoms with Crippen LogP contribution in [0.15, 0.2) is 40.9 Å². The second-order valence-electron chi connectivity index (χ2n) is 4.08. The highest BCUT2D eigenvalue weighted by atomic mass is 79.9. The lowest BCUT2D eigenvalue weighted by Crippen LogP contribution is -2.02. The lowest BCUT2D eigenvalue weighted by Gasteiger charge is -2.14. The third-order valence-corrected chi connectivity index (χ3v) is 3.61. The first-order valence-electron chi connectivity index (χ1n) is 5.38. The molecule has 0 spiro atoms. The minimum atomic E-state index is -0.857. The second-order valence-corrected chi connectivity index (χ2v) is 5.40. The summed E-state index contributed by atoms with van der Waals surface area (Å²) in [5.74, 6) is -0.369. The maximum Gasteiger partial charge on any atom is 0.127 e. The van der Waals surface area contributed by atoms with E-state index >= 15 is 0 Å². The summed E-state index contributed by atoms with van der Waals surface area (Å²) >= 11 is 9.30. The van der Waals surface area contributed by atoms with Gasteiger partial charge in [0.1, 0.15) is 11.9 Å². The number of rotatable bonds is 2. The van der Waals surface area contributed by atoms with E-state index in [2.05, 4.69) is 15.9 Å². The molecule has 1 N–H and O–H groups in total. The van der Waals surface area contributed by atoms with Crippen LogP contribution >= 0.6 is 27.5 Å². The number of aliphatic hydroxyl groups is 1. The topological polar surface area (TPSA) is 20.2 Å². The SMILES string of the molecule is Cc1cc(C(O)c2ccc(Br)cc2)c(Cl)cc1F. The maximum absolute atomic E-state index is 13.3. The van der Waals surface area contributed by atoms with Gasteiger partial charge in [-0.3, -0.25) is 0 Å². The average Bonchev–Trinajstić information content (AvgIpc) is 2.34.